The molecular weight excluding hydrogens is 362 g/mol. The average Bonchev–Trinajstić information content (AvgIpc) is 3.30. The van der Waals surface area contributed by atoms with Gasteiger partial charge in [-0.25, -0.2) is 8.42 Å². The van der Waals surface area contributed by atoms with Crippen LogP contribution in [0.25, 0.3) is 10.8 Å². The number of ether oxygens (including phenoxy) is 1. The van der Waals surface area contributed by atoms with Gasteiger partial charge in [-0.3, -0.25) is 4.79 Å². The highest BCUT2D eigenvalue weighted by atomic mass is 32.2. The van der Waals surface area contributed by atoms with E-state index in [2.05, 4.69) is 0 Å². The summed E-state index contributed by atoms with van der Waals surface area (Å²) in [6.07, 6.45) is 4.64. The van der Waals surface area contributed by atoms with Gasteiger partial charge < -0.3 is 9.64 Å². The Morgan fingerprint density at radius 2 is 1.74 bits per heavy atom. The SMILES string of the molecule is O=C(COc1cccc2ccccc12)N(C1CCCC1)C1CCS(=O)(=O)C1. The smallest absolute Gasteiger partial charge is 0.261 e. The van der Waals surface area contributed by atoms with Crippen LogP contribution in [0.2, 0.25) is 0 Å². The molecule has 1 heterocycles. The summed E-state index contributed by atoms with van der Waals surface area (Å²) in [6.45, 7) is -0.0545. The molecule has 4 rings (SSSR count). The number of carbonyl (C=O) groups excluding carboxylic acids is 1. The van der Waals surface area contributed by atoms with E-state index in [9.17, 15) is 13.2 Å². The van der Waals surface area contributed by atoms with Gasteiger partial charge in [-0.1, -0.05) is 49.2 Å². The highest BCUT2D eigenvalue weighted by Crippen LogP contribution is 2.30. The van der Waals surface area contributed by atoms with Gasteiger partial charge in [0.25, 0.3) is 5.91 Å². The van der Waals surface area contributed by atoms with Crippen LogP contribution >= 0.6 is 0 Å². The lowest BCUT2D eigenvalue weighted by atomic mass is 10.1. The number of benzene rings is 2. The maximum absolute atomic E-state index is 13.0. The van der Waals surface area contributed by atoms with Gasteiger partial charge in [0, 0.05) is 17.5 Å². The number of fused-ring (bicyclic) bond motifs is 1. The third-order valence-electron chi connectivity index (χ3n) is 5.71. The van der Waals surface area contributed by atoms with Crippen molar-refractivity contribution in [3.8, 4) is 5.75 Å². The zero-order chi connectivity index (χ0) is 18.9. The average molecular weight is 388 g/mol. The summed E-state index contributed by atoms with van der Waals surface area (Å²) < 4.78 is 29.8. The Hall–Kier alpha value is -2.08. The van der Waals surface area contributed by atoms with Crippen molar-refractivity contribution >= 4 is 26.5 Å². The van der Waals surface area contributed by atoms with Crippen molar-refractivity contribution in [1.29, 1.82) is 0 Å². The van der Waals surface area contributed by atoms with Crippen molar-refractivity contribution in [1.82, 2.24) is 4.90 Å². The van der Waals surface area contributed by atoms with Crippen LogP contribution in [0.1, 0.15) is 32.1 Å². The molecule has 0 bridgehead atoms. The number of rotatable bonds is 5. The number of nitrogens with zero attached hydrogens (tertiary/aromatic N) is 1. The third kappa shape index (κ3) is 3.95. The molecule has 2 fully saturated rings. The van der Waals surface area contributed by atoms with E-state index >= 15 is 0 Å². The molecule has 1 aliphatic carbocycles. The van der Waals surface area contributed by atoms with Gasteiger partial charge >= 0.3 is 0 Å². The molecule has 6 heteroatoms. The Labute approximate surface area is 160 Å². The maximum atomic E-state index is 13.0. The Morgan fingerprint density at radius 3 is 2.48 bits per heavy atom. The lowest BCUT2D eigenvalue weighted by molar-refractivity contribution is -0.137. The van der Waals surface area contributed by atoms with Gasteiger partial charge in [0.05, 0.1) is 11.5 Å². The highest BCUT2D eigenvalue weighted by Gasteiger charge is 2.39. The molecule has 2 aromatic rings. The van der Waals surface area contributed by atoms with E-state index in [4.69, 9.17) is 4.74 Å². The van der Waals surface area contributed by atoms with Crippen LogP contribution in [-0.2, 0) is 14.6 Å². The Morgan fingerprint density at radius 1 is 1.00 bits per heavy atom. The van der Waals surface area contributed by atoms with E-state index in [1.54, 1.807) is 0 Å². The van der Waals surface area contributed by atoms with E-state index < -0.39 is 9.84 Å². The van der Waals surface area contributed by atoms with Crippen LogP contribution in [0.4, 0.5) is 0 Å². The fourth-order valence-electron chi connectivity index (χ4n) is 4.42. The van der Waals surface area contributed by atoms with Crippen LogP contribution in [0.5, 0.6) is 5.75 Å². The van der Waals surface area contributed by atoms with E-state index in [0.717, 1.165) is 36.5 Å². The predicted octanol–water partition coefficient (Wildman–Crippen LogP) is 3.18. The second-order valence-electron chi connectivity index (χ2n) is 7.56. The standard InChI is InChI=1S/C21H25NO4S/c23-21(14-26-20-11-5-7-16-6-1-4-10-19(16)20)22(17-8-2-3-9-17)18-12-13-27(24,25)15-18/h1,4-7,10-11,17-18H,2-3,8-9,12-15H2. The van der Waals surface area contributed by atoms with Crippen LogP contribution in [-0.4, -0.2) is 49.4 Å². The monoisotopic (exact) mass is 387 g/mol. The maximum Gasteiger partial charge on any atom is 0.261 e. The minimum absolute atomic E-state index is 0.0545. The molecule has 1 aliphatic heterocycles. The Kier molecular flexibility index (Phi) is 5.08. The minimum atomic E-state index is -3.03. The van der Waals surface area contributed by atoms with E-state index in [1.165, 1.54) is 0 Å². The first-order valence-electron chi connectivity index (χ1n) is 9.66. The lowest BCUT2D eigenvalue weighted by Crippen LogP contribution is -2.48. The van der Waals surface area contributed by atoms with Gasteiger partial charge in [0.1, 0.15) is 5.75 Å². The molecule has 1 unspecified atom stereocenters. The summed E-state index contributed by atoms with van der Waals surface area (Å²) >= 11 is 0. The van der Waals surface area contributed by atoms with Crippen molar-refractivity contribution in [2.24, 2.45) is 0 Å². The van der Waals surface area contributed by atoms with Crippen LogP contribution in [0, 0.1) is 0 Å². The van der Waals surface area contributed by atoms with E-state index in [0.29, 0.717) is 12.2 Å². The van der Waals surface area contributed by atoms with Gasteiger partial charge in [0.2, 0.25) is 0 Å². The van der Waals surface area contributed by atoms with Gasteiger partial charge in [0.15, 0.2) is 16.4 Å². The summed E-state index contributed by atoms with van der Waals surface area (Å²) in [5.74, 6) is 0.853. The molecule has 1 saturated heterocycles. The van der Waals surface area contributed by atoms with Crippen molar-refractivity contribution in [3.05, 3.63) is 42.5 Å². The summed E-state index contributed by atoms with van der Waals surface area (Å²) in [6, 6.07) is 13.7. The second kappa shape index (κ2) is 7.50. The largest absolute Gasteiger partial charge is 0.483 e. The highest BCUT2D eigenvalue weighted by molar-refractivity contribution is 7.91. The van der Waals surface area contributed by atoms with Crippen molar-refractivity contribution < 1.29 is 17.9 Å². The van der Waals surface area contributed by atoms with Crippen molar-refractivity contribution in [2.75, 3.05) is 18.1 Å². The van der Waals surface area contributed by atoms with Crippen LogP contribution in [0.15, 0.2) is 42.5 Å². The van der Waals surface area contributed by atoms with Gasteiger partial charge in [-0.2, -0.15) is 0 Å². The van der Waals surface area contributed by atoms with Crippen LogP contribution in [0.3, 0.4) is 0 Å². The molecule has 0 radical (unpaired) electrons. The molecule has 1 atom stereocenters. The summed E-state index contributed by atoms with van der Waals surface area (Å²) in [7, 11) is -3.03. The molecule has 1 amide bonds. The molecule has 0 spiro atoms. The minimum Gasteiger partial charge on any atom is -0.483 e. The molecule has 5 nitrogen and oxygen atoms in total. The third-order valence-corrected chi connectivity index (χ3v) is 7.46. The quantitative estimate of drug-likeness (QED) is 0.790. The number of carbonyl (C=O) groups is 1. The molecule has 0 N–H and O–H groups in total. The van der Waals surface area contributed by atoms with Crippen molar-refractivity contribution in [3.63, 3.8) is 0 Å². The first-order valence-corrected chi connectivity index (χ1v) is 11.5. The van der Waals surface area contributed by atoms with E-state index in [-0.39, 0.29) is 36.1 Å². The molecular formula is C21H25NO4S. The number of sulfone groups is 1. The summed E-state index contributed by atoms with van der Waals surface area (Å²) in [5, 5.41) is 2.04. The summed E-state index contributed by atoms with van der Waals surface area (Å²) in [5.41, 5.74) is 0. The molecule has 2 aliphatic rings. The van der Waals surface area contributed by atoms with E-state index in [1.807, 2.05) is 47.4 Å². The summed E-state index contributed by atoms with van der Waals surface area (Å²) in [4.78, 5) is 14.9. The second-order valence-corrected chi connectivity index (χ2v) is 9.79. The number of hydrogen-bond acceptors (Lipinski definition) is 4. The lowest BCUT2D eigenvalue weighted by Gasteiger charge is -2.34. The first kappa shape index (κ1) is 18.3. The molecule has 0 aromatic heterocycles. The molecule has 1 saturated carbocycles. The van der Waals surface area contributed by atoms with Crippen LogP contribution < -0.4 is 4.74 Å². The molecule has 2 aromatic carbocycles. The predicted molar refractivity (Wildman–Crippen MR) is 106 cm³/mol. The molecule has 27 heavy (non-hydrogen) atoms. The first-order chi connectivity index (χ1) is 13.0. The number of amides is 1. The van der Waals surface area contributed by atoms with Crippen molar-refractivity contribution in [2.45, 2.75) is 44.2 Å². The Bertz CT molecular complexity index is 929. The fourth-order valence-corrected chi connectivity index (χ4v) is 6.13. The zero-order valence-electron chi connectivity index (χ0n) is 15.3. The Balaban J connectivity index is 1.51. The van der Waals surface area contributed by atoms with Gasteiger partial charge in [-0.05, 0) is 30.7 Å². The van der Waals surface area contributed by atoms with Gasteiger partial charge in [-0.15, -0.1) is 0 Å². The topological polar surface area (TPSA) is 63.7 Å². The normalized spacial score (nSPS) is 22.1. The number of hydrogen-bond donors (Lipinski definition) is 0. The fraction of sp³-hybridized carbons (Fsp3) is 0.476. The zero-order valence-corrected chi connectivity index (χ0v) is 16.2. The molecule has 144 valence electrons.